The minimum absolute atomic E-state index is 0.125. The molecule has 0 bridgehead atoms. The third-order valence-corrected chi connectivity index (χ3v) is 4.73. The molecule has 20 heavy (non-hydrogen) atoms. The van der Waals surface area contributed by atoms with Gasteiger partial charge in [-0.3, -0.25) is 0 Å². The summed E-state index contributed by atoms with van der Waals surface area (Å²) in [4.78, 5) is 2.47. The fraction of sp³-hybridized carbons (Fsp3) is 0.625. The van der Waals surface area contributed by atoms with Gasteiger partial charge < -0.3 is 15.4 Å². The van der Waals surface area contributed by atoms with Crippen LogP contribution >= 0.6 is 0 Å². The lowest BCUT2D eigenvalue weighted by atomic mass is 9.80. The number of likely N-dealkylation sites (tertiary alicyclic amines) is 1. The first-order valence-electron chi connectivity index (χ1n) is 7.47. The molecule has 0 amide bonds. The number of nitrogens with two attached hydrogens (primary N) is 1. The average molecular weight is 278 g/mol. The Morgan fingerprint density at radius 2 is 2.05 bits per heavy atom. The molecule has 0 radical (unpaired) electrons. The predicted molar refractivity (Wildman–Crippen MR) is 77.2 cm³/mol. The van der Waals surface area contributed by atoms with Crippen molar-refractivity contribution in [2.24, 2.45) is 5.73 Å². The number of ether oxygens (including phenoxy) is 1. The Balaban J connectivity index is 1.80. The number of hydrogen-bond acceptors (Lipinski definition) is 3. The molecule has 1 atom stereocenters. The first-order chi connectivity index (χ1) is 9.49. The summed E-state index contributed by atoms with van der Waals surface area (Å²) in [7, 11) is 0. The molecule has 1 aromatic rings. The summed E-state index contributed by atoms with van der Waals surface area (Å²) in [5, 5.41) is 0. The normalized spacial score (nSPS) is 25.6. The van der Waals surface area contributed by atoms with Gasteiger partial charge in [-0.15, -0.1) is 0 Å². The smallest absolute Gasteiger partial charge is 0.125 e. The van der Waals surface area contributed by atoms with Crippen molar-refractivity contribution in [2.45, 2.75) is 50.8 Å². The summed E-state index contributed by atoms with van der Waals surface area (Å²) in [5.74, 6) is 0.525. The molecular formula is C16H23FN2O. The van der Waals surface area contributed by atoms with Gasteiger partial charge in [-0.05, 0) is 44.9 Å². The highest BCUT2D eigenvalue weighted by Crippen LogP contribution is 2.43. The van der Waals surface area contributed by atoms with Gasteiger partial charge in [0.05, 0.1) is 0 Å². The quantitative estimate of drug-likeness (QED) is 0.858. The molecule has 1 fully saturated rings. The summed E-state index contributed by atoms with van der Waals surface area (Å²) in [6.45, 7) is 6.54. The first kappa shape index (κ1) is 13.8. The molecule has 2 aliphatic heterocycles. The second-order valence-electron chi connectivity index (χ2n) is 6.41. The van der Waals surface area contributed by atoms with Crippen molar-refractivity contribution in [1.29, 1.82) is 0 Å². The van der Waals surface area contributed by atoms with Gasteiger partial charge in [0, 0.05) is 37.2 Å². The zero-order chi connectivity index (χ0) is 14.3. The third kappa shape index (κ3) is 2.42. The lowest BCUT2D eigenvalue weighted by Crippen LogP contribution is -2.52. The van der Waals surface area contributed by atoms with E-state index < -0.39 is 0 Å². The van der Waals surface area contributed by atoms with E-state index in [1.807, 2.05) is 0 Å². The Hall–Kier alpha value is -1.13. The summed E-state index contributed by atoms with van der Waals surface area (Å²) in [5.41, 5.74) is 6.91. The van der Waals surface area contributed by atoms with E-state index in [9.17, 15) is 4.39 Å². The van der Waals surface area contributed by atoms with Crippen molar-refractivity contribution < 1.29 is 9.13 Å². The predicted octanol–water partition coefficient (Wildman–Crippen LogP) is 2.85. The molecule has 0 saturated carbocycles. The highest BCUT2D eigenvalue weighted by Gasteiger charge is 2.42. The van der Waals surface area contributed by atoms with Gasteiger partial charge >= 0.3 is 0 Å². The monoisotopic (exact) mass is 278 g/mol. The van der Waals surface area contributed by atoms with E-state index in [0.29, 0.717) is 6.04 Å². The molecule has 0 unspecified atom stereocenters. The van der Waals surface area contributed by atoms with E-state index in [2.05, 4.69) is 18.7 Å². The van der Waals surface area contributed by atoms with Crippen molar-refractivity contribution in [1.82, 2.24) is 4.90 Å². The SMILES string of the molecule is CC(C)N1CCC2(CC1)C[C@@H](N)c1cc(F)ccc1O2. The fourth-order valence-corrected chi connectivity index (χ4v) is 3.44. The average Bonchev–Trinajstić information content (AvgIpc) is 2.40. The minimum atomic E-state index is -0.242. The first-order valence-corrected chi connectivity index (χ1v) is 7.47. The number of halogens is 1. The van der Waals surface area contributed by atoms with E-state index in [-0.39, 0.29) is 17.5 Å². The maximum absolute atomic E-state index is 13.3. The number of nitrogens with zero attached hydrogens (tertiary/aromatic N) is 1. The molecular weight excluding hydrogens is 255 g/mol. The molecule has 110 valence electrons. The molecule has 2 N–H and O–H groups in total. The molecule has 1 spiro atoms. The van der Waals surface area contributed by atoms with E-state index in [0.717, 1.165) is 43.7 Å². The van der Waals surface area contributed by atoms with E-state index >= 15 is 0 Å². The van der Waals surface area contributed by atoms with Crippen molar-refractivity contribution in [3.8, 4) is 5.75 Å². The Morgan fingerprint density at radius 3 is 2.70 bits per heavy atom. The highest BCUT2D eigenvalue weighted by atomic mass is 19.1. The maximum Gasteiger partial charge on any atom is 0.125 e. The number of rotatable bonds is 1. The molecule has 0 aliphatic carbocycles. The van der Waals surface area contributed by atoms with E-state index in [4.69, 9.17) is 10.5 Å². The zero-order valence-electron chi connectivity index (χ0n) is 12.2. The molecule has 2 aliphatic rings. The van der Waals surface area contributed by atoms with Crippen LogP contribution < -0.4 is 10.5 Å². The molecule has 4 heteroatoms. The number of fused-ring (bicyclic) bond motifs is 1. The molecule has 2 heterocycles. The van der Waals surface area contributed by atoms with Gasteiger partial charge in [-0.1, -0.05) is 0 Å². The Labute approximate surface area is 119 Å². The summed E-state index contributed by atoms with van der Waals surface area (Å²) < 4.78 is 19.6. The summed E-state index contributed by atoms with van der Waals surface area (Å²) in [6, 6.07) is 5.13. The second-order valence-corrected chi connectivity index (χ2v) is 6.41. The molecule has 0 aromatic heterocycles. The fourth-order valence-electron chi connectivity index (χ4n) is 3.44. The van der Waals surface area contributed by atoms with Gasteiger partial charge in [-0.25, -0.2) is 4.39 Å². The van der Waals surface area contributed by atoms with Crippen LogP contribution in [0.4, 0.5) is 4.39 Å². The van der Waals surface area contributed by atoms with Crippen LogP contribution in [0.5, 0.6) is 5.75 Å². The van der Waals surface area contributed by atoms with Gasteiger partial charge in [-0.2, -0.15) is 0 Å². The van der Waals surface area contributed by atoms with Crippen LogP contribution in [-0.2, 0) is 0 Å². The van der Waals surface area contributed by atoms with Crippen molar-refractivity contribution in [3.63, 3.8) is 0 Å². The van der Waals surface area contributed by atoms with Gasteiger partial charge in [0.1, 0.15) is 17.2 Å². The number of hydrogen-bond donors (Lipinski definition) is 1. The molecule has 3 rings (SSSR count). The van der Waals surface area contributed by atoms with Crippen LogP contribution in [0.3, 0.4) is 0 Å². The van der Waals surface area contributed by atoms with Crippen molar-refractivity contribution in [3.05, 3.63) is 29.6 Å². The second kappa shape index (κ2) is 5.01. The van der Waals surface area contributed by atoms with Crippen LogP contribution in [0.2, 0.25) is 0 Å². The van der Waals surface area contributed by atoms with Gasteiger partial charge in [0.25, 0.3) is 0 Å². The number of piperidine rings is 1. The van der Waals surface area contributed by atoms with Gasteiger partial charge in [0.2, 0.25) is 0 Å². The lowest BCUT2D eigenvalue weighted by Gasteiger charge is -2.47. The zero-order valence-corrected chi connectivity index (χ0v) is 12.2. The number of benzene rings is 1. The Bertz CT molecular complexity index is 495. The van der Waals surface area contributed by atoms with Crippen LogP contribution in [0.1, 0.15) is 44.7 Å². The highest BCUT2D eigenvalue weighted by molar-refractivity contribution is 5.39. The van der Waals surface area contributed by atoms with Crippen molar-refractivity contribution in [2.75, 3.05) is 13.1 Å². The Morgan fingerprint density at radius 1 is 1.35 bits per heavy atom. The molecule has 1 saturated heterocycles. The molecule has 1 aromatic carbocycles. The van der Waals surface area contributed by atoms with Crippen LogP contribution in [0.15, 0.2) is 18.2 Å². The van der Waals surface area contributed by atoms with E-state index in [1.54, 1.807) is 6.07 Å². The lowest BCUT2D eigenvalue weighted by molar-refractivity contribution is -0.0280. The minimum Gasteiger partial charge on any atom is -0.487 e. The van der Waals surface area contributed by atoms with E-state index in [1.165, 1.54) is 12.1 Å². The van der Waals surface area contributed by atoms with Crippen LogP contribution in [0.25, 0.3) is 0 Å². The molecule has 3 nitrogen and oxygen atoms in total. The standard InChI is InChI=1S/C16H23FN2O/c1-11(2)19-7-5-16(6-8-19)10-14(18)13-9-12(17)3-4-15(13)20-16/h3-4,9,11,14H,5-8,10,18H2,1-2H3/t14-/m1/s1. The topological polar surface area (TPSA) is 38.5 Å². The van der Waals surface area contributed by atoms with Crippen LogP contribution in [-0.4, -0.2) is 29.6 Å². The third-order valence-electron chi connectivity index (χ3n) is 4.73. The largest absolute Gasteiger partial charge is 0.487 e. The Kier molecular flexibility index (Phi) is 3.46. The van der Waals surface area contributed by atoms with Gasteiger partial charge in [0.15, 0.2) is 0 Å². The van der Waals surface area contributed by atoms with Crippen LogP contribution in [0, 0.1) is 5.82 Å². The maximum atomic E-state index is 13.3. The summed E-state index contributed by atoms with van der Waals surface area (Å²) in [6.07, 6.45) is 2.78. The van der Waals surface area contributed by atoms with Crippen molar-refractivity contribution >= 4 is 0 Å². The summed E-state index contributed by atoms with van der Waals surface area (Å²) >= 11 is 0.